The summed E-state index contributed by atoms with van der Waals surface area (Å²) < 4.78 is 42.9. The van der Waals surface area contributed by atoms with Gasteiger partial charge in [0.1, 0.15) is 92.9 Å². The van der Waals surface area contributed by atoms with E-state index in [-0.39, 0.29) is 79.3 Å². The number of nitrogen functional groups attached to an aromatic ring is 2. The molecule has 2 aliphatic heterocycles. The number of carbonyl (C=O) groups excluding carboxylic acids is 8. The Bertz CT molecular complexity index is 4720. The minimum atomic E-state index is -1.00. The van der Waals surface area contributed by atoms with Crippen molar-refractivity contribution in [3.05, 3.63) is 139 Å². The number of benzene rings is 4. The fraction of sp³-hybridized carbons (Fsp3) is 0.403. The van der Waals surface area contributed by atoms with Crippen LogP contribution >= 0.6 is 45.9 Å². The monoisotopic (exact) mass is 1690 g/mol. The summed E-state index contributed by atoms with van der Waals surface area (Å²) in [6, 6.07) is 19.7. The number of rotatable bonds is 43. The largest absolute Gasteiger partial charge is 0.505 e. The Morgan fingerprint density at radius 1 is 0.479 bits per heavy atom. The van der Waals surface area contributed by atoms with Gasteiger partial charge >= 0.3 is 11.9 Å². The maximum Gasteiger partial charge on any atom is 0.337 e. The SMILES string of the molecule is Cc1nc(Nc2ncc(C(=O)Nc3c(C)cccc3Cl)s2)cc(N2CCN(CCOCC(=O)CCCOCCOCC(=O)Oc3ccc(N)c(O)c3C(N)=O)CC2)n1.Cc1nc(Nc2ncc(C(=O)Nc3c(C)cccc3Cl)s2)cc(N2CCN(CCOCCC(=O)CCCOCCOCC(=O)Oc3ccc(N)c(O)c3C(N)=O)CC2)n1. The van der Waals surface area contributed by atoms with E-state index in [0.717, 1.165) is 81.7 Å². The third-order valence-electron chi connectivity index (χ3n) is 17.7. The summed E-state index contributed by atoms with van der Waals surface area (Å²) >= 11 is 15.0. The van der Waals surface area contributed by atoms with Crippen molar-refractivity contribution in [3.63, 3.8) is 0 Å². The van der Waals surface area contributed by atoms with Crippen molar-refractivity contribution in [2.45, 2.75) is 59.8 Å². The van der Waals surface area contributed by atoms with Crippen LogP contribution in [0.4, 0.5) is 56.3 Å². The Morgan fingerprint density at radius 3 is 1.31 bits per heavy atom. The van der Waals surface area contributed by atoms with Gasteiger partial charge in [0.2, 0.25) is 0 Å². The molecule has 4 aromatic heterocycles. The standard InChI is InChI=1S/C39H48ClN9O9S.C38H46ClN9O9S/c1-24-5-3-7-27(40)35(24)47-38(54)30-22-43-39(59-30)46-31-21-32(45-25(2)44-31)49-13-11-48(12-14-49)15-18-56-17-10-26(50)6-4-16-55-19-20-57-23-33(51)58-29-9-8-28(41)36(52)34(29)37(42)53;1-23-5-3-7-26(39)34(23)46-37(53)29-20-42-38(58-29)45-30-19-31(44-24(2)43-30)48-12-10-47(11-13-48)14-16-55-21-25(49)6-4-15-54-17-18-56-22-32(50)57-28-9-8-27(40)35(51)33(28)36(41)52/h3,5,7-9,21-22,52H,4,6,10-20,23,41H2,1-2H3,(H2,42,53)(H,47,54)(H,43,44,45,46);3,5,7-9,19-20,51H,4,6,10-18,21-22,40H2,1-2H3,(H2,41,52)(H,46,53)(H,42,43,44,45). The van der Waals surface area contributed by atoms with Crippen molar-refractivity contribution >= 4 is 149 Å². The van der Waals surface area contributed by atoms with Crippen LogP contribution in [0.3, 0.4) is 0 Å². The number of nitrogens with one attached hydrogen (secondary N) is 4. The predicted molar refractivity (Wildman–Crippen MR) is 441 cm³/mol. The van der Waals surface area contributed by atoms with E-state index in [0.29, 0.717) is 136 Å². The number of ketones is 2. The number of primary amides is 2. The first-order valence-electron chi connectivity index (χ1n) is 37.2. The van der Waals surface area contributed by atoms with Gasteiger partial charge in [-0.1, -0.05) is 70.1 Å². The number of piperazine rings is 2. The molecule has 2 aliphatic rings. The van der Waals surface area contributed by atoms with E-state index in [4.69, 9.17) is 84.0 Å². The lowest BCUT2D eigenvalue weighted by molar-refractivity contribution is -0.140. The number of anilines is 10. The number of nitrogens with zero attached hydrogens (tertiary/aromatic N) is 10. The number of amides is 4. The van der Waals surface area contributed by atoms with Crippen molar-refractivity contribution in [2.24, 2.45) is 11.5 Å². The summed E-state index contributed by atoms with van der Waals surface area (Å²) in [5.74, 6) is -1.77. The summed E-state index contributed by atoms with van der Waals surface area (Å²) in [7, 11) is 0. The van der Waals surface area contributed by atoms with E-state index in [1.807, 2.05) is 64.1 Å². The lowest BCUT2D eigenvalue weighted by atomic mass is 10.1. The molecule has 0 atom stereocenters. The van der Waals surface area contributed by atoms with Gasteiger partial charge in [-0.25, -0.2) is 39.5 Å². The summed E-state index contributed by atoms with van der Waals surface area (Å²) in [6.45, 7) is 16.9. The van der Waals surface area contributed by atoms with Crippen LogP contribution in [-0.2, 0) is 47.6 Å². The fourth-order valence-corrected chi connectivity index (χ4v) is 13.6. The van der Waals surface area contributed by atoms with Crippen LogP contribution in [-0.4, -0.2) is 242 Å². The third kappa shape index (κ3) is 28.5. The number of esters is 2. The van der Waals surface area contributed by atoms with Gasteiger partial charge < -0.3 is 102 Å². The van der Waals surface area contributed by atoms with Gasteiger partial charge in [-0.3, -0.25) is 38.6 Å². The number of para-hydroxylation sites is 2. The Labute approximate surface area is 692 Å². The summed E-state index contributed by atoms with van der Waals surface area (Å²) in [6.07, 6.45) is 5.07. The van der Waals surface area contributed by atoms with E-state index >= 15 is 0 Å². The first-order valence-corrected chi connectivity index (χ1v) is 39.6. The highest BCUT2D eigenvalue weighted by Crippen LogP contribution is 2.36. The normalized spacial score (nSPS) is 13.0. The van der Waals surface area contributed by atoms with Crippen LogP contribution in [0.2, 0.25) is 10.0 Å². The number of Topliss-reactive ketones (excluding diaryl/α,β-unsaturated/α-hetero) is 2. The van der Waals surface area contributed by atoms with Crippen LogP contribution in [0, 0.1) is 27.7 Å². The van der Waals surface area contributed by atoms with E-state index in [1.165, 1.54) is 59.3 Å². The molecule has 36 nitrogen and oxygen atoms in total. The topological polar surface area (TPSA) is 493 Å². The van der Waals surface area contributed by atoms with Crippen molar-refractivity contribution in [2.75, 3.05) is 187 Å². The second-order valence-corrected chi connectivity index (χ2v) is 29.4. The Hall–Kier alpha value is -10.9. The van der Waals surface area contributed by atoms with E-state index < -0.39 is 59.6 Å². The predicted octanol–water partition coefficient (Wildman–Crippen LogP) is 7.82. The molecule has 0 spiro atoms. The molecule has 117 heavy (non-hydrogen) atoms. The average Bonchev–Trinajstić information content (AvgIpc) is 1.46. The van der Waals surface area contributed by atoms with Gasteiger partial charge in [0.05, 0.1) is 91.4 Å². The summed E-state index contributed by atoms with van der Waals surface area (Å²) in [4.78, 5) is 135. The van der Waals surface area contributed by atoms with E-state index in [1.54, 1.807) is 12.1 Å². The van der Waals surface area contributed by atoms with Gasteiger partial charge in [0.15, 0.2) is 27.5 Å². The molecule has 0 unspecified atom stereocenters. The average molecular weight is 1690 g/mol. The zero-order valence-corrected chi connectivity index (χ0v) is 68.1. The minimum absolute atomic E-state index is 0.0237. The quantitative estimate of drug-likeness (QED) is 0.00572. The molecule has 4 amide bonds. The smallest absolute Gasteiger partial charge is 0.337 e. The highest BCUT2D eigenvalue weighted by atomic mass is 35.5. The molecule has 0 aliphatic carbocycles. The molecule has 0 saturated carbocycles. The summed E-state index contributed by atoms with van der Waals surface area (Å²) in [5, 5.41) is 34.0. The number of phenols is 2. The molecule has 4 aromatic carbocycles. The first kappa shape index (κ1) is 90.0. The number of thiazole rings is 2. The molecular weight excluding hydrogens is 1600 g/mol. The van der Waals surface area contributed by atoms with Crippen LogP contribution in [0.1, 0.15) is 94.9 Å². The van der Waals surface area contributed by atoms with Crippen molar-refractivity contribution in [1.82, 2.24) is 39.7 Å². The molecule has 0 radical (unpaired) electrons. The molecule has 2 fully saturated rings. The van der Waals surface area contributed by atoms with Crippen molar-refractivity contribution in [1.29, 1.82) is 0 Å². The molecule has 6 heterocycles. The van der Waals surface area contributed by atoms with Gasteiger partial charge in [-0.2, -0.15) is 0 Å². The van der Waals surface area contributed by atoms with Gasteiger partial charge in [0, 0.05) is 110 Å². The lowest BCUT2D eigenvalue weighted by Gasteiger charge is -2.35. The van der Waals surface area contributed by atoms with E-state index in [9.17, 15) is 48.6 Å². The fourth-order valence-electron chi connectivity index (χ4n) is 11.7. The maximum atomic E-state index is 12.9. The molecule has 10 rings (SSSR count). The zero-order chi connectivity index (χ0) is 83.9. The van der Waals surface area contributed by atoms with Crippen LogP contribution in [0.5, 0.6) is 23.0 Å². The minimum Gasteiger partial charge on any atom is -0.505 e. The number of hydrogen-bond donors (Lipinski definition) is 10. The van der Waals surface area contributed by atoms with Crippen molar-refractivity contribution in [3.8, 4) is 23.0 Å². The second kappa shape index (κ2) is 45.6. The van der Waals surface area contributed by atoms with Gasteiger partial charge in [-0.05, 0) is 88.1 Å². The highest BCUT2D eigenvalue weighted by molar-refractivity contribution is 7.18. The Balaban J connectivity index is 0.000000267. The third-order valence-corrected chi connectivity index (χ3v) is 20.2. The van der Waals surface area contributed by atoms with E-state index in [2.05, 4.69) is 70.8 Å². The van der Waals surface area contributed by atoms with Crippen molar-refractivity contribution < 1.29 is 86.5 Å². The number of carbonyl (C=O) groups is 8. The number of aromatic hydroxyl groups is 2. The molecule has 8 aromatic rings. The number of nitrogens with two attached hydrogens (primary N) is 4. The number of aromatic nitrogens is 6. The number of aryl methyl sites for hydroxylation is 4. The second-order valence-electron chi connectivity index (χ2n) is 26.5. The molecule has 40 heteroatoms. The Kier molecular flexibility index (Phi) is 35.1. The van der Waals surface area contributed by atoms with Crippen LogP contribution in [0.15, 0.2) is 85.2 Å². The lowest BCUT2D eigenvalue weighted by Crippen LogP contribution is -2.47. The van der Waals surface area contributed by atoms with Gasteiger partial charge in [-0.15, -0.1) is 0 Å². The number of halogens is 2. The molecule has 0 bridgehead atoms. The highest BCUT2D eigenvalue weighted by Gasteiger charge is 2.26. The maximum absolute atomic E-state index is 12.9. The Morgan fingerprint density at radius 2 is 0.880 bits per heavy atom. The van der Waals surface area contributed by atoms with Crippen LogP contribution in [0.25, 0.3) is 0 Å². The molecule has 2 saturated heterocycles. The molecular formula is C77H94Cl2N18O18S2. The molecule has 626 valence electrons. The zero-order valence-electron chi connectivity index (χ0n) is 65.0. The molecule has 14 N–H and O–H groups in total. The van der Waals surface area contributed by atoms with Crippen LogP contribution < -0.4 is 63.5 Å². The summed E-state index contributed by atoms with van der Waals surface area (Å²) in [5.41, 5.74) is 23.5. The van der Waals surface area contributed by atoms with Gasteiger partial charge in [0.25, 0.3) is 23.6 Å². The first-order chi connectivity index (χ1) is 56.2. The number of hydrogen-bond acceptors (Lipinski definition) is 34. The number of ether oxygens (including phenoxy) is 8.